The Kier molecular flexibility index (Phi) is 4.38. The molecule has 0 aliphatic rings. The Bertz CT molecular complexity index is 555. The highest BCUT2D eigenvalue weighted by atomic mass is 35.5. The van der Waals surface area contributed by atoms with Crippen molar-refractivity contribution in [1.82, 2.24) is 9.97 Å². The lowest BCUT2D eigenvalue weighted by atomic mass is 10.0. The largest absolute Gasteiger partial charge is 0.363 e. The fourth-order valence-corrected chi connectivity index (χ4v) is 2.22. The molecule has 2 aromatic rings. The molecule has 0 aliphatic heterocycles. The molecule has 3 nitrogen and oxygen atoms in total. The van der Waals surface area contributed by atoms with E-state index in [-0.39, 0.29) is 6.04 Å². The first-order valence-corrected chi connectivity index (χ1v) is 6.81. The molecule has 1 atom stereocenters. The van der Waals surface area contributed by atoms with E-state index in [0.29, 0.717) is 11.0 Å². The zero-order valence-corrected chi connectivity index (χ0v) is 12.2. The van der Waals surface area contributed by atoms with Crippen LogP contribution in [0.2, 0.25) is 5.15 Å². The summed E-state index contributed by atoms with van der Waals surface area (Å²) in [5.74, 6) is 1.49. The number of hydrogen-bond acceptors (Lipinski definition) is 3. The van der Waals surface area contributed by atoms with Crippen LogP contribution in [0.1, 0.15) is 36.3 Å². The molecular weight excluding hydrogens is 258 g/mol. The quantitative estimate of drug-likeness (QED) is 0.845. The molecule has 4 heteroatoms. The van der Waals surface area contributed by atoms with Gasteiger partial charge in [-0.2, -0.15) is 0 Å². The second kappa shape index (κ2) is 6.02. The SMILES string of the molecule is CCC(Nc1nc(C)nc(Cl)c1C)c1ccccc1. The minimum Gasteiger partial charge on any atom is -0.363 e. The van der Waals surface area contributed by atoms with Gasteiger partial charge in [-0.15, -0.1) is 0 Å². The molecule has 1 heterocycles. The monoisotopic (exact) mass is 275 g/mol. The van der Waals surface area contributed by atoms with Gasteiger partial charge in [0, 0.05) is 5.56 Å². The number of nitrogens with one attached hydrogen (secondary N) is 1. The molecule has 2 rings (SSSR count). The molecule has 1 N–H and O–H groups in total. The smallest absolute Gasteiger partial charge is 0.137 e. The second-order valence-corrected chi connectivity index (χ2v) is 4.91. The van der Waals surface area contributed by atoms with Gasteiger partial charge in [-0.25, -0.2) is 9.97 Å². The van der Waals surface area contributed by atoms with Crippen molar-refractivity contribution < 1.29 is 0 Å². The number of benzene rings is 1. The van der Waals surface area contributed by atoms with E-state index >= 15 is 0 Å². The standard InChI is InChI=1S/C15H18ClN3/c1-4-13(12-8-6-5-7-9-12)19-15-10(2)14(16)17-11(3)18-15/h5-9,13H,4H2,1-3H3,(H,17,18,19). The predicted molar refractivity (Wildman–Crippen MR) is 79.6 cm³/mol. The van der Waals surface area contributed by atoms with E-state index in [4.69, 9.17) is 11.6 Å². The van der Waals surface area contributed by atoms with Crippen molar-refractivity contribution in [2.45, 2.75) is 33.2 Å². The van der Waals surface area contributed by atoms with Gasteiger partial charge >= 0.3 is 0 Å². The van der Waals surface area contributed by atoms with Gasteiger partial charge in [-0.3, -0.25) is 0 Å². The van der Waals surface area contributed by atoms with E-state index in [1.807, 2.05) is 32.0 Å². The van der Waals surface area contributed by atoms with Gasteiger partial charge < -0.3 is 5.32 Å². The summed E-state index contributed by atoms with van der Waals surface area (Å²) < 4.78 is 0. The van der Waals surface area contributed by atoms with E-state index in [0.717, 1.165) is 17.8 Å². The third kappa shape index (κ3) is 3.24. The minimum atomic E-state index is 0.227. The van der Waals surface area contributed by atoms with Gasteiger partial charge in [0.15, 0.2) is 0 Å². The average molecular weight is 276 g/mol. The third-order valence-corrected chi connectivity index (χ3v) is 3.49. The van der Waals surface area contributed by atoms with Gasteiger partial charge in [0.05, 0.1) is 6.04 Å². The first-order chi connectivity index (χ1) is 9.11. The van der Waals surface area contributed by atoms with Crippen LogP contribution in [-0.2, 0) is 0 Å². The van der Waals surface area contributed by atoms with Gasteiger partial charge in [0.1, 0.15) is 16.8 Å². The maximum absolute atomic E-state index is 6.10. The Hall–Kier alpha value is -1.61. The zero-order valence-electron chi connectivity index (χ0n) is 11.4. The van der Waals surface area contributed by atoms with Crippen molar-refractivity contribution in [1.29, 1.82) is 0 Å². The van der Waals surface area contributed by atoms with Crippen molar-refractivity contribution in [3.05, 3.63) is 52.4 Å². The molecule has 100 valence electrons. The van der Waals surface area contributed by atoms with Crippen LogP contribution < -0.4 is 5.32 Å². The number of halogens is 1. The molecule has 0 amide bonds. The molecule has 0 spiro atoms. The van der Waals surface area contributed by atoms with Gasteiger partial charge in [0.25, 0.3) is 0 Å². The molecular formula is C15H18ClN3. The minimum absolute atomic E-state index is 0.227. The van der Waals surface area contributed by atoms with Gasteiger partial charge in [-0.05, 0) is 25.8 Å². The fraction of sp³-hybridized carbons (Fsp3) is 0.333. The van der Waals surface area contributed by atoms with E-state index in [1.165, 1.54) is 5.56 Å². The summed E-state index contributed by atoms with van der Waals surface area (Å²) in [4.78, 5) is 8.59. The number of nitrogens with zero attached hydrogens (tertiary/aromatic N) is 2. The first-order valence-electron chi connectivity index (χ1n) is 6.44. The van der Waals surface area contributed by atoms with Crippen LogP contribution in [0.5, 0.6) is 0 Å². The fourth-order valence-electron chi connectivity index (χ4n) is 2.01. The van der Waals surface area contributed by atoms with E-state index in [2.05, 4.69) is 34.3 Å². The Morgan fingerprint density at radius 2 is 1.84 bits per heavy atom. The van der Waals surface area contributed by atoms with Crippen LogP contribution in [-0.4, -0.2) is 9.97 Å². The first kappa shape index (κ1) is 13.8. The number of aryl methyl sites for hydroxylation is 1. The lowest BCUT2D eigenvalue weighted by Crippen LogP contribution is -2.13. The average Bonchev–Trinajstić information content (AvgIpc) is 2.42. The summed E-state index contributed by atoms with van der Waals surface area (Å²) in [6.45, 7) is 5.93. The van der Waals surface area contributed by atoms with Crippen LogP contribution in [0.4, 0.5) is 5.82 Å². The molecule has 0 saturated carbocycles. The Balaban J connectivity index is 2.29. The van der Waals surface area contributed by atoms with Crippen molar-refractivity contribution in [3.63, 3.8) is 0 Å². The topological polar surface area (TPSA) is 37.8 Å². The maximum atomic E-state index is 6.10. The number of hydrogen-bond donors (Lipinski definition) is 1. The zero-order chi connectivity index (χ0) is 13.8. The summed E-state index contributed by atoms with van der Waals surface area (Å²) in [6.07, 6.45) is 0.976. The van der Waals surface area contributed by atoms with E-state index < -0.39 is 0 Å². The van der Waals surface area contributed by atoms with Crippen LogP contribution in [0.15, 0.2) is 30.3 Å². The lowest BCUT2D eigenvalue weighted by Gasteiger charge is -2.19. The highest BCUT2D eigenvalue weighted by Crippen LogP contribution is 2.26. The maximum Gasteiger partial charge on any atom is 0.137 e. The van der Waals surface area contributed by atoms with Crippen LogP contribution in [0.3, 0.4) is 0 Å². The Morgan fingerprint density at radius 1 is 1.16 bits per heavy atom. The lowest BCUT2D eigenvalue weighted by molar-refractivity contribution is 0.741. The molecule has 0 radical (unpaired) electrons. The summed E-state index contributed by atoms with van der Waals surface area (Å²) in [7, 11) is 0. The summed E-state index contributed by atoms with van der Waals surface area (Å²) in [5.41, 5.74) is 2.14. The molecule has 1 aromatic carbocycles. The van der Waals surface area contributed by atoms with Crippen molar-refractivity contribution in [2.75, 3.05) is 5.32 Å². The number of anilines is 1. The van der Waals surface area contributed by atoms with E-state index in [1.54, 1.807) is 0 Å². The third-order valence-electron chi connectivity index (χ3n) is 3.12. The molecule has 0 saturated heterocycles. The Labute approximate surface area is 119 Å². The number of aromatic nitrogens is 2. The van der Waals surface area contributed by atoms with Crippen molar-refractivity contribution >= 4 is 17.4 Å². The molecule has 0 aliphatic carbocycles. The summed E-state index contributed by atoms with van der Waals surface area (Å²) >= 11 is 6.10. The summed E-state index contributed by atoms with van der Waals surface area (Å²) in [6, 6.07) is 10.6. The second-order valence-electron chi connectivity index (χ2n) is 4.55. The molecule has 19 heavy (non-hydrogen) atoms. The molecule has 1 unspecified atom stereocenters. The van der Waals surface area contributed by atoms with Crippen LogP contribution in [0, 0.1) is 13.8 Å². The summed E-state index contributed by atoms with van der Waals surface area (Å²) in [5, 5.41) is 3.97. The van der Waals surface area contributed by atoms with Crippen LogP contribution >= 0.6 is 11.6 Å². The molecule has 0 fully saturated rings. The van der Waals surface area contributed by atoms with Crippen molar-refractivity contribution in [2.24, 2.45) is 0 Å². The van der Waals surface area contributed by atoms with Crippen LogP contribution in [0.25, 0.3) is 0 Å². The van der Waals surface area contributed by atoms with Crippen molar-refractivity contribution in [3.8, 4) is 0 Å². The van der Waals surface area contributed by atoms with Gasteiger partial charge in [0.2, 0.25) is 0 Å². The Morgan fingerprint density at radius 3 is 2.47 bits per heavy atom. The molecule has 1 aromatic heterocycles. The van der Waals surface area contributed by atoms with E-state index in [9.17, 15) is 0 Å². The highest BCUT2D eigenvalue weighted by Gasteiger charge is 2.13. The normalized spacial score (nSPS) is 12.2. The number of rotatable bonds is 4. The molecule has 0 bridgehead atoms. The highest BCUT2D eigenvalue weighted by molar-refractivity contribution is 6.30. The van der Waals surface area contributed by atoms with Gasteiger partial charge in [-0.1, -0.05) is 48.9 Å². The predicted octanol–water partition coefficient (Wildman–Crippen LogP) is 4.31.